The number of esters is 1. The summed E-state index contributed by atoms with van der Waals surface area (Å²) in [5.41, 5.74) is 5.02. The number of ether oxygens (including phenoxy) is 5. The average Bonchev–Trinajstić information content (AvgIpc) is 3.63. The third-order valence-corrected chi connectivity index (χ3v) is 9.15. The summed E-state index contributed by atoms with van der Waals surface area (Å²) < 4.78 is 28.3. The number of anilines is 1. The first-order valence-electron chi connectivity index (χ1n) is 14.7. The maximum Gasteiger partial charge on any atom is 0.310 e. The number of aromatic hydroxyl groups is 1. The van der Waals surface area contributed by atoms with Gasteiger partial charge in [-0.2, -0.15) is 0 Å². The van der Waals surface area contributed by atoms with Crippen LogP contribution in [0.25, 0.3) is 0 Å². The number of hydrogen-bond donors (Lipinski definition) is 2. The Kier molecular flexibility index (Phi) is 6.98. The maximum absolute atomic E-state index is 13.5. The molecule has 7 rings (SSSR count). The Labute approximate surface area is 245 Å². The average molecular weight is 573 g/mol. The number of cyclic esters (lactones) is 1. The Balaban J connectivity index is 1.31. The third kappa shape index (κ3) is 4.65. The second kappa shape index (κ2) is 10.9. The van der Waals surface area contributed by atoms with E-state index in [1.54, 1.807) is 12.1 Å². The molecule has 1 aliphatic carbocycles. The molecule has 0 aromatic heterocycles. The molecule has 9 heteroatoms. The van der Waals surface area contributed by atoms with Gasteiger partial charge in [-0.1, -0.05) is 18.6 Å². The van der Waals surface area contributed by atoms with Crippen molar-refractivity contribution in [3.8, 4) is 28.7 Å². The Morgan fingerprint density at radius 3 is 2.36 bits per heavy atom. The van der Waals surface area contributed by atoms with Crippen molar-refractivity contribution in [2.75, 3.05) is 46.0 Å². The number of carbonyl (C=O) groups excluding carboxylic acids is 1. The molecule has 0 radical (unpaired) electrons. The molecule has 3 aromatic carbocycles. The van der Waals surface area contributed by atoms with Crippen LogP contribution in [0, 0.1) is 11.8 Å². The van der Waals surface area contributed by atoms with Gasteiger partial charge in [-0.05, 0) is 84.6 Å². The van der Waals surface area contributed by atoms with E-state index in [0.717, 1.165) is 42.0 Å². The lowest BCUT2D eigenvalue weighted by molar-refractivity contribution is -0.141. The molecule has 42 heavy (non-hydrogen) atoms. The van der Waals surface area contributed by atoms with Gasteiger partial charge in [-0.3, -0.25) is 9.69 Å². The molecule has 0 spiro atoms. The predicted molar refractivity (Wildman–Crippen MR) is 155 cm³/mol. The monoisotopic (exact) mass is 572 g/mol. The van der Waals surface area contributed by atoms with Crippen molar-refractivity contribution in [3.05, 3.63) is 70.8 Å². The number of nitrogens with one attached hydrogen (secondary N) is 1. The molecule has 2 fully saturated rings. The van der Waals surface area contributed by atoms with Crippen molar-refractivity contribution in [2.45, 2.75) is 37.8 Å². The number of phenols is 1. The van der Waals surface area contributed by atoms with Crippen molar-refractivity contribution in [1.29, 1.82) is 0 Å². The van der Waals surface area contributed by atoms with Crippen molar-refractivity contribution in [1.82, 2.24) is 4.90 Å². The van der Waals surface area contributed by atoms with E-state index in [4.69, 9.17) is 23.7 Å². The van der Waals surface area contributed by atoms with E-state index in [1.807, 2.05) is 12.1 Å². The molecule has 3 aromatic rings. The number of carbonyl (C=O) groups is 1. The summed E-state index contributed by atoms with van der Waals surface area (Å²) in [5.74, 6) is 0.566. The molecular formula is C33H36N2O7. The number of fused-ring (bicyclic) bond motifs is 3. The van der Waals surface area contributed by atoms with Crippen LogP contribution in [-0.2, 0) is 16.1 Å². The van der Waals surface area contributed by atoms with Crippen LogP contribution in [0.3, 0.4) is 0 Å². The van der Waals surface area contributed by atoms with Gasteiger partial charge in [0, 0.05) is 24.1 Å². The van der Waals surface area contributed by atoms with E-state index in [2.05, 4.69) is 34.5 Å². The van der Waals surface area contributed by atoms with E-state index >= 15 is 0 Å². The van der Waals surface area contributed by atoms with Crippen molar-refractivity contribution >= 4 is 11.7 Å². The number of methoxy groups -OCH3 is 2. The first-order chi connectivity index (χ1) is 20.5. The molecule has 4 atom stereocenters. The van der Waals surface area contributed by atoms with Crippen LogP contribution >= 0.6 is 0 Å². The van der Waals surface area contributed by atoms with Gasteiger partial charge in [0.25, 0.3) is 0 Å². The highest BCUT2D eigenvalue weighted by Gasteiger charge is 2.52. The standard InChI is InChI=1S/C33H36N2O7/c1-38-27-12-20(13-28(39-2)32(27)36)29-22-14-25-26(42-18-41-25)15-23(22)31(24-17-40-33(37)30(24)29)34-21-8-6-7-19(11-21)16-35-9-4-3-5-10-35/h6-8,11-15,24,29-31,34,36H,3-5,9-10,16-18H2,1-2H3/t24-,29+,30-,31+/m0/s1. The van der Waals surface area contributed by atoms with Crippen molar-refractivity contribution in [3.63, 3.8) is 0 Å². The summed E-state index contributed by atoms with van der Waals surface area (Å²) in [4.78, 5) is 16.0. The zero-order chi connectivity index (χ0) is 28.8. The van der Waals surface area contributed by atoms with E-state index in [9.17, 15) is 9.90 Å². The molecule has 4 aliphatic rings. The summed E-state index contributed by atoms with van der Waals surface area (Å²) in [6.45, 7) is 3.65. The highest BCUT2D eigenvalue weighted by molar-refractivity contribution is 5.79. The molecular weight excluding hydrogens is 536 g/mol. The topological polar surface area (TPSA) is 98.7 Å². The van der Waals surface area contributed by atoms with Crippen molar-refractivity contribution < 1.29 is 33.6 Å². The van der Waals surface area contributed by atoms with Crippen LogP contribution in [0.5, 0.6) is 28.7 Å². The van der Waals surface area contributed by atoms with Gasteiger partial charge >= 0.3 is 5.97 Å². The maximum atomic E-state index is 13.5. The molecule has 2 saturated heterocycles. The summed E-state index contributed by atoms with van der Waals surface area (Å²) >= 11 is 0. The second-order valence-corrected chi connectivity index (χ2v) is 11.6. The molecule has 0 unspecified atom stereocenters. The first kappa shape index (κ1) is 26.8. The second-order valence-electron chi connectivity index (χ2n) is 11.6. The van der Waals surface area contributed by atoms with E-state index in [0.29, 0.717) is 18.1 Å². The highest BCUT2D eigenvalue weighted by Crippen LogP contribution is 2.56. The van der Waals surface area contributed by atoms with Crippen LogP contribution in [0.1, 0.15) is 53.5 Å². The van der Waals surface area contributed by atoms with E-state index in [1.165, 1.54) is 39.0 Å². The zero-order valence-corrected chi connectivity index (χ0v) is 23.9. The lowest BCUT2D eigenvalue weighted by Crippen LogP contribution is -2.37. The van der Waals surface area contributed by atoms with Gasteiger partial charge < -0.3 is 34.1 Å². The fourth-order valence-corrected chi connectivity index (χ4v) is 7.16. The molecule has 0 bridgehead atoms. The Morgan fingerprint density at radius 2 is 1.64 bits per heavy atom. The number of phenolic OH excluding ortho intramolecular Hbond substituents is 1. The van der Waals surface area contributed by atoms with Gasteiger partial charge in [-0.25, -0.2) is 0 Å². The number of rotatable bonds is 7. The van der Waals surface area contributed by atoms with Crippen LogP contribution in [-0.4, -0.2) is 56.7 Å². The zero-order valence-electron chi connectivity index (χ0n) is 23.9. The molecule has 2 N–H and O–H groups in total. The van der Waals surface area contributed by atoms with E-state index < -0.39 is 5.92 Å². The Bertz CT molecular complexity index is 1480. The van der Waals surface area contributed by atoms with E-state index in [-0.39, 0.29) is 47.9 Å². The number of likely N-dealkylation sites (tertiary alicyclic amines) is 1. The van der Waals surface area contributed by atoms with Crippen LogP contribution < -0.4 is 24.3 Å². The molecule has 220 valence electrons. The van der Waals surface area contributed by atoms with Crippen LogP contribution in [0.2, 0.25) is 0 Å². The lowest BCUT2D eigenvalue weighted by atomic mass is 9.65. The highest BCUT2D eigenvalue weighted by atomic mass is 16.7. The molecule has 0 saturated carbocycles. The Morgan fingerprint density at radius 1 is 0.929 bits per heavy atom. The summed E-state index contributed by atoms with van der Waals surface area (Å²) in [6.07, 6.45) is 3.82. The minimum Gasteiger partial charge on any atom is -0.502 e. The summed E-state index contributed by atoms with van der Waals surface area (Å²) in [6, 6.07) is 15.9. The SMILES string of the molecule is COc1cc([C@@H]2c3cc4c(cc3[C@@H](Nc3cccc(CN5CCCCC5)c3)[C@H]3COC(=O)[C@H]23)OCO4)cc(OC)c1O. The molecule has 0 amide bonds. The number of benzene rings is 3. The number of piperidine rings is 1. The fourth-order valence-electron chi connectivity index (χ4n) is 7.16. The van der Waals surface area contributed by atoms with Gasteiger partial charge in [-0.15, -0.1) is 0 Å². The van der Waals surface area contributed by atoms with Crippen LogP contribution in [0.15, 0.2) is 48.5 Å². The minimum absolute atomic E-state index is 0.0833. The van der Waals surface area contributed by atoms with Gasteiger partial charge in [0.15, 0.2) is 23.0 Å². The number of hydrogen-bond acceptors (Lipinski definition) is 9. The fraction of sp³-hybridized carbons (Fsp3) is 0.424. The number of nitrogens with zero attached hydrogens (tertiary/aromatic N) is 1. The third-order valence-electron chi connectivity index (χ3n) is 9.15. The quantitative estimate of drug-likeness (QED) is 0.370. The van der Waals surface area contributed by atoms with Gasteiger partial charge in [0.1, 0.15) is 0 Å². The molecule has 9 nitrogen and oxygen atoms in total. The smallest absolute Gasteiger partial charge is 0.310 e. The normalized spacial score (nSPS) is 24.5. The predicted octanol–water partition coefficient (Wildman–Crippen LogP) is 5.21. The minimum atomic E-state index is -0.467. The van der Waals surface area contributed by atoms with Crippen LogP contribution in [0.4, 0.5) is 5.69 Å². The largest absolute Gasteiger partial charge is 0.502 e. The lowest BCUT2D eigenvalue weighted by Gasteiger charge is -2.40. The van der Waals surface area contributed by atoms with Crippen molar-refractivity contribution in [2.24, 2.45) is 11.8 Å². The first-order valence-corrected chi connectivity index (χ1v) is 14.7. The van der Waals surface area contributed by atoms with Gasteiger partial charge in [0.05, 0.1) is 32.8 Å². The molecule has 3 aliphatic heterocycles. The molecule has 3 heterocycles. The Hall–Kier alpha value is -4.11. The summed E-state index contributed by atoms with van der Waals surface area (Å²) in [5, 5.41) is 14.4. The summed E-state index contributed by atoms with van der Waals surface area (Å²) in [7, 11) is 2.99. The van der Waals surface area contributed by atoms with Gasteiger partial charge in [0.2, 0.25) is 12.5 Å².